The first-order valence-electron chi connectivity index (χ1n) is 7.99. The zero-order valence-corrected chi connectivity index (χ0v) is 14.8. The summed E-state index contributed by atoms with van der Waals surface area (Å²) in [5.74, 6) is -0.684. The zero-order chi connectivity index (χ0) is 18.2. The molecule has 6 heteroatoms. The van der Waals surface area contributed by atoms with Crippen LogP contribution in [0.2, 0.25) is 5.02 Å². The number of carbonyl (C=O) groups excluding carboxylic acids is 1. The topological polar surface area (TPSA) is 48.5 Å². The Bertz CT molecular complexity index is 758. The number of nitrogens with one attached hydrogen (secondary N) is 1. The van der Waals surface area contributed by atoms with Crippen LogP contribution in [0.15, 0.2) is 48.5 Å². The van der Waals surface area contributed by atoms with Gasteiger partial charge in [-0.3, -0.25) is 4.79 Å². The zero-order valence-electron chi connectivity index (χ0n) is 14.0. The third kappa shape index (κ3) is 5.56. The minimum Gasteiger partial charge on any atom is -0.326 e. The number of benzene rings is 2. The molecule has 0 aliphatic carbocycles. The smallest absolute Gasteiger partial charge is 0.282 e. The molecule has 0 aliphatic rings. The van der Waals surface area contributed by atoms with E-state index in [-0.39, 0.29) is 31.1 Å². The predicted octanol–water partition coefficient (Wildman–Crippen LogP) is 2.44. The van der Waals surface area contributed by atoms with E-state index in [9.17, 15) is 9.18 Å². The average Bonchev–Trinajstić information content (AvgIpc) is 2.58. The number of anilines is 1. The molecule has 4 nitrogen and oxygen atoms in total. The summed E-state index contributed by atoms with van der Waals surface area (Å²) >= 11 is 5.88. The first-order valence-corrected chi connectivity index (χ1v) is 8.36. The van der Waals surface area contributed by atoms with Crippen LogP contribution in [0.25, 0.3) is 0 Å². The highest BCUT2D eigenvalue weighted by atomic mass is 35.5. The maximum absolute atomic E-state index is 14.1. The lowest BCUT2D eigenvalue weighted by molar-refractivity contribution is -0.885. The SMILES string of the molecule is C[NH+](CC(=O)N(CCC#N)c1ccccc1F)Cc1ccc(Cl)cc1. The number of carbonyl (C=O) groups is 1. The standard InChI is InChI=1S/C19H19ClFN3O/c1-23(13-15-7-9-16(20)10-8-15)14-19(25)24(12-4-11-22)18-6-3-2-5-17(18)21/h2-3,5-10H,4,12-14H2,1H3/p+1. The summed E-state index contributed by atoms with van der Waals surface area (Å²) in [6.07, 6.45) is 0.149. The van der Waals surface area contributed by atoms with Crippen LogP contribution in [0.3, 0.4) is 0 Å². The molecule has 0 heterocycles. The Morgan fingerprint density at radius 3 is 2.56 bits per heavy atom. The molecule has 2 aromatic carbocycles. The van der Waals surface area contributed by atoms with Crippen molar-refractivity contribution < 1.29 is 14.1 Å². The first kappa shape index (κ1) is 18.9. The van der Waals surface area contributed by atoms with Crippen molar-refractivity contribution in [2.24, 2.45) is 0 Å². The highest BCUT2D eigenvalue weighted by molar-refractivity contribution is 6.30. The fraction of sp³-hybridized carbons (Fsp3) is 0.263. The van der Waals surface area contributed by atoms with E-state index in [1.54, 1.807) is 18.2 Å². The fourth-order valence-electron chi connectivity index (χ4n) is 2.58. The summed E-state index contributed by atoms with van der Waals surface area (Å²) in [6.45, 7) is 1.01. The monoisotopic (exact) mass is 360 g/mol. The van der Waals surface area contributed by atoms with Gasteiger partial charge in [-0.1, -0.05) is 35.9 Å². The van der Waals surface area contributed by atoms with Crippen LogP contribution < -0.4 is 9.80 Å². The molecule has 0 radical (unpaired) electrons. The summed E-state index contributed by atoms with van der Waals surface area (Å²) in [6, 6.07) is 15.6. The van der Waals surface area contributed by atoms with E-state index < -0.39 is 5.82 Å². The Hall–Kier alpha value is -2.42. The molecule has 2 rings (SSSR count). The number of rotatable bonds is 7. The van der Waals surface area contributed by atoms with Crippen molar-refractivity contribution in [3.8, 4) is 6.07 Å². The number of hydrogen-bond acceptors (Lipinski definition) is 2. The Morgan fingerprint density at radius 2 is 1.92 bits per heavy atom. The summed E-state index contributed by atoms with van der Waals surface area (Å²) < 4.78 is 14.1. The third-order valence-corrected chi connectivity index (χ3v) is 4.02. The predicted molar refractivity (Wildman–Crippen MR) is 95.9 cm³/mol. The lowest BCUT2D eigenvalue weighted by atomic mass is 10.2. The van der Waals surface area contributed by atoms with E-state index >= 15 is 0 Å². The molecule has 0 aromatic heterocycles. The van der Waals surface area contributed by atoms with Gasteiger partial charge >= 0.3 is 0 Å². The lowest BCUT2D eigenvalue weighted by Gasteiger charge is -2.24. The van der Waals surface area contributed by atoms with Crippen LogP contribution in [0.5, 0.6) is 0 Å². The van der Waals surface area contributed by atoms with Gasteiger partial charge < -0.3 is 9.80 Å². The van der Waals surface area contributed by atoms with E-state index in [2.05, 4.69) is 0 Å². The number of hydrogen-bond donors (Lipinski definition) is 1. The molecule has 1 amide bonds. The molecule has 2 aromatic rings. The molecule has 0 bridgehead atoms. The molecule has 0 aliphatic heterocycles. The van der Waals surface area contributed by atoms with Crippen molar-refractivity contribution in [3.05, 3.63) is 64.9 Å². The Morgan fingerprint density at radius 1 is 1.24 bits per heavy atom. The second-order valence-electron chi connectivity index (χ2n) is 5.84. The molecule has 0 fully saturated rings. The van der Waals surface area contributed by atoms with Gasteiger partial charge in [0.2, 0.25) is 0 Å². The quantitative estimate of drug-likeness (QED) is 0.824. The van der Waals surface area contributed by atoms with Crippen LogP contribution in [-0.2, 0) is 11.3 Å². The van der Waals surface area contributed by atoms with Crippen LogP contribution in [0.4, 0.5) is 10.1 Å². The second-order valence-corrected chi connectivity index (χ2v) is 6.28. The molecule has 1 atom stereocenters. The largest absolute Gasteiger partial charge is 0.326 e. The highest BCUT2D eigenvalue weighted by Crippen LogP contribution is 2.18. The molecular weight excluding hydrogens is 341 g/mol. The molecule has 0 spiro atoms. The number of amides is 1. The van der Waals surface area contributed by atoms with Gasteiger partial charge in [0.1, 0.15) is 12.4 Å². The number of para-hydroxylation sites is 1. The first-order chi connectivity index (χ1) is 12.0. The van der Waals surface area contributed by atoms with E-state index in [0.29, 0.717) is 11.6 Å². The minimum absolute atomic E-state index is 0.149. The van der Waals surface area contributed by atoms with Gasteiger partial charge in [0.15, 0.2) is 6.54 Å². The molecule has 0 saturated heterocycles. The highest BCUT2D eigenvalue weighted by Gasteiger charge is 2.22. The maximum atomic E-state index is 14.1. The Balaban J connectivity index is 2.07. The van der Waals surface area contributed by atoms with Crippen molar-refractivity contribution in [2.45, 2.75) is 13.0 Å². The van der Waals surface area contributed by atoms with E-state index in [0.717, 1.165) is 10.5 Å². The van der Waals surface area contributed by atoms with Gasteiger partial charge in [-0.05, 0) is 24.3 Å². The van der Waals surface area contributed by atoms with Crippen molar-refractivity contribution in [3.63, 3.8) is 0 Å². The molecule has 0 saturated carbocycles. The summed E-state index contributed by atoms with van der Waals surface area (Å²) in [5.41, 5.74) is 1.27. The number of quaternary nitrogens is 1. The van der Waals surface area contributed by atoms with Gasteiger partial charge in [-0.25, -0.2) is 4.39 Å². The number of likely N-dealkylation sites (N-methyl/N-ethyl adjacent to an activating group) is 1. The lowest BCUT2D eigenvalue weighted by Crippen LogP contribution is -3.09. The third-order valence-electron chi connectivity index (χ3n) is 3.76. The van der Waals surface area contributed by atoms with Crippen molar-refractivity contribution in [2.75, 3.05) is 25.0 Å². The number of nitriles is 1. The summed E-state index contributed by atoms with van der Waals surface area (Å²) in [4.78, 5) is 15.0. The van der Waals surface area contributed by atoms with Crippen molar-refractivity contribution in [1.29, 1.82) is 5.26 Å². The van der Waals surface area contributed by atoms with Gasteiger partial charge in [0, 0.05) is 17.1 Å². The molecule has 1 unspecified atom stereocenters. The second kappa shape index (κ2) is 9.16. The number of halogens is 2. The average molecular weight is 361 g/mol. The summed E-state index contributed by atoms with van der Waals surface area (Å²) in [7, 11) is 1.90. The van der Waals surface area contributed by atoms with E-state index in [1.807, 2.05) is 37.4 Å². The van der Waals surface area contributed by atoms with Crippen LogP contribution >= 0.6 is 11.6 Å². The molecule has 1 N–H and O–H groups in total. The summed E-state index contributed by atoms with van der Waals surface area (Å²) in [5, 5.41) is 9.48. The van der Waals surface area contributed by atoms with E-state index in [4.69, 9.17) is 16.9 Å². The maximum Gasteiger partial charge on any atom is 0.282 e. The Kier molecular flexibility index (Phi) is 6.93. The van der Waals surface area contributed by atoms with Crippen LogP contribution in [-0.4, -0.2) is 26.0 Å². The molecule has 130 valence electrons. The minimum atomic E-state index is -0.468. The van der Waals surface area contributed by atoms with Crippen molar-refractivity contribution in [1.82, 2.24) is 0 Å². The van der Waals surface area contributed by atoms with E-state index in [1.165, 1.54) is 11.0 Å². The van der Waals surface area contributed by atoms with Crippen molar-refractivity contribution >= 4 is 23.2 Å². The van der Waals surface area contributed by atoms with Gasteiger partial charge in [0.05, 0.1) is 25.2 Å². The number of nitrogens with zero attached hydrogens (tertiary/aromatic N) is 2. The van der Waals surface area contributed by atoms with Gasteiger partial charge in [-0.2, -0.15) is 5.26 Å². The van der Waals surface area contributed by atoms with Gasteiger partial charge in [-0.15, -0.1) is 0 Å². The normalized spacial score (nSPS) is 11.6. The van der Waals surface area contributed by atoms with Crippen LogP contribution in [0, 0.1) is 17.1 Å². The fourth-order valence-corrected chi connectivity index (χ4v) is 2.70. The molecular formula is C19H20ClFN3O+. The molecule has 25 heavy (non-hydrogen) atoms. The Labute approximate surface area is 152 Å². The van der Waals surface area contributed by atoms with Gasteiger partial charge in [0.25, 0.3) is 5.91 Å². The van der Waals surface area contributed by atoms with Crippen LogP contribution in [0.1, 0.15) is 12.0 Å².